The lowest BCUT2D eigenvalue weighted by Gasteiger charge is -2.13. The van der Waals surface area contributed by atoms with Crippen LogP contribution in [0, 0.1) is 0 Å². The number of aromatic nitrogens is 2. The first-order valence-electron chi connectivity index (χ1n) is 10.0. The van der Waals surface area contributed by atoms with Crippen LogP contribution in [-0.2, 0) is 20.9 Å². The molecule has 2 amide bonds. The fraction of sp³-hybridized carbons (Fsp3) is 0.261. The zero-order chi connectivity index (χ0) is 22.7. The highest BCUT2D eigenvalue weighted by atomic mass is 16.5. The SMILES string of the molecule is COCc1nn2c(c1-c1ccccc1)NC(=O)C2CC(=O)Nc1ccc(OC)cc1OC. The van der Waals surface area contributed by atoms with Gasteiger partial charge in [0.15, 0.2) is 0 Å². The summed E-state index contributed by atoms with van der Waals surface area (Å²) >= 11 is 0. The number of amides is 2. The van der Waals surface area contributed by atoms with Gasteiger partial charge in [-0.15, -0.1) is 0 Å². The monoisotopic (exact) mass is 436 g/mol. The van der Waals surface area contributed by atoms with Crippen LogP contribution in [0.15, 0.2) is 48.5 Å². The number of nitrogens with one attached hydrogen (secondary N) is 2. The number of rotatable bonds is 8. The van der Waals surface area contributed by atoms with Gasteiger partial charge in [-0.3, -0.25) is 9.59 Å². The number of fused-ring (bicyclic) bond motifs is 1. The lowest BCUT2D eigenvalue weighted by molar-refractivity contribution is -0.123. The van der Waals surface area contributed by atoms with E-state index in [1.165, 1.54) is 7.11 Å². The number of carbonyl (C=O) groups excluding carboxylic acids is 2. The second kappa shape index (κ2) is 9.11. The lowest BCUT2D eigenvalue weighted by Crippen LogP contribution is -2.24. The van der Waals surface area contributed by atoms with Gasteiger partial charge in [0.25, 0.3) is 5.91 Å². The third-order valence-corrected chi connectivity index (χ3v) is 5.23. The summed E-state index contributed by atoms with van der Waals surface area (Å²) in [7, 11) is 4.65. The Morgan fingerprint density at radius 3 is 2.59 bits per heavy atom. The zero-order valence-electron chi connectivity index (χ0n) is 18.0. The van der Waals surface area contributed by atoms with E-state index in [0.717, 1.165) is 11.1 Å². The Bertz CT molecular complexity index is 1140. The van der Waals surface area contributed by atoms with Gasteiger partial charge in [0, 0.05) is 18.7 Å². The van der Waals surface area contributed by atoms with Crippen molar-refractivity contribution in [3.05, 3.63) is 54.2 Å². The van der Waals surface area contributed by atoms with Crippen LogP contribution in [0.3, 0.4) is 0 Å². The highest BCUT2D eigenvalue weighted by Gasteiger charge is 2.37. The molecule has 1 aliphatic rings. The van der Waals surface area contributed by atoms with E-state index in [0.29, 0.717) is 28.7 Å². The average molecular weight is 436 g/mol. The quantitative estimate of drug-likeness (QED) is 0.562. The third kappa shape index (κ3) is 4.02. The Kier molecular flexibility index (Phi) is 6.09. The van der Waals surface area contributed by atoms with Gasteiger partial charge in [-0.2, -0.15) is 5.10 Å². The van der Waals surface area contributed by atoms with E-state index < -0.39 is 6.04 Å². The largest absolute Gasteiger partial charge is 0.497 e. The Morgan fingerprint density at radius 2 is 1.91 bits per heavy atom. The molecule has 0 aliphatic carbocycles. The molecule has 1 aliphatic heterocycles. The molecule has 0 saturated carbocycles. The van der Waals surface area contributed by atoms with Crippen LogP contribution in [-0.4, -0.2) is 42.9 Å². The molecule has 1 unspecified atom stereocenters. The average Bonchev–Trinajstić information content (AvgIpc) is 3.29. The Hall–Kier alpha value is -3.85. The van der Waals surface area contributed by atoms with E-state index in [-0.39, 0.29) is 24.8 Å². The minimum atomic E-state index is -0.776. The van der Waals surface area contributed by atoms with Crippen molar-refractivity contribution in [2.24, 2.45) is 0 Å². The van der Waals surface area contributed by atoms with Gasteiger partial charge in [-0.25, -0.2) is 4.68 Å². The van der Waals surface area contributed by atoms with Crippen molar-refractivity contribution in [2.75, 3.05) is 32.0 Å². The molecule has 0 saturated heterocycles. The van der Waals surface area contributed by atoms with Crippen molar-refractivity contribution in [3.63, 3.8) is 0 Å². The molecule has 9 heteroatoms. The normalized spacial score (nSPS) is 14.6. The lowest BCUT2D eigenvalue weighted by atomic mass is 10.1. The summed E-state index contributed by atoms with van der Waals surface area (Å²) in [5.41, 5.74) is 2.88. The third-order valence-electron chi connectivity index (χ3n) is 5.23. The van der Waals surface area contributed by atoms with Crippen LogP contribution < -0.4 is 20.1 Å². The number of anilines is 2. The summed E-state index contributed by atoms with van der Waals surface area (Å²) in [5.74, 6) is 1.00. The first-order chi connectivity index (χ1) is 15.5. The summed E-state index contributed by atoms with van der Waals surface area (Å²) in [6.07, 6.45) is -0.0870. The summed E-state index contributed by atoms with van der Waals surface area (Å²) in [6, 6.07) is 13.9. The molecule has 32 heavy (non-hydrogen) atoms. The van der Waals surface area contributed by atoms with Crippen LogP contribution in [0.25, 0.3) is 11.1 Å². The molecule has 2 aromatic carbocycles. The van der Waals surface area contributed by atoms with E-state index >= 15 is 0 Å². The van der Waals surface area contributed by atoms with E-state index in [1.54, 1.807) is 37.1 Å². The van der Waals surface area contributed by atoms with Gasteiger partial charge < -0.3 is 24.8 Å². The minimum Gasteiger partial charge on any atom is -0.497 e. The van der Waals surface area contributed by atoms with E-state index in [4.69, 9.17) is 14.2 Å². The van der Waals surface area contributed by atoms with Crippen LogP contribution in [0.2, 0.25) is 0 Å². The molecule has 0 radical (unpaired) electrons. The number of hydrogen-bond donors (Lipinski definition) is 2. The molecule has 1 atom stereocenters. The zero-order valence-corrected chi connectivity index (χ0v) is 18.0. The number of benzene rings is 2. The number of ether oxygens (including phenoxy) is 3. The van der Waals surface area contributed by atoms with Gasteiger partial charge in [-0.1, -0.05) is 30.3 Å². The molecule has 4 rings (SSSR count). The van der Waals surface area contributed by atoms with E-state index in [1.807, 2.05) is 30.3 Å². The molecule has 0 spiro atoms. The number of nitrogens with zero attached hydrogens (tertiary/aromatic N) is 2. The van der Waals surface area contributed by atoms with Crippen molar-refractivity contribution < 1.29 is 23.8 Å². The van der Waals surface area contributed by atoms with Gasteiger partial charge in [-0.05, 0) is 17.7 Å². The molecule has 0 bridgehead atoms. The number of hydrogen-bond acceptors (Lipinski definition) is 6. The molecule has 0 fully saturated rings. The van der Waals surface area contributed by atoms with Crippen LogP contribution in [0.1, 0.15) is 18.2 Å². The predicted molar refractivity (Wildman–Crippen MR) is 119 cm³/mol. The predicted octanol–water partition coefficient (Wildman–Crippen LogP) is 3.24. The molecular formula is C23H24N4O5. The molecular weight excluding hydrogens is 412 g/mol. The maximum absolute atomic E-state index is 12.8. The van der Waals surface area contributed by atoms with Crippen molar-refractivity contribution in [2.45, 2.75) is 19.1 Å². The van der Waals surface area contributed by atoms with Gasteiger partial charge in [0.05, 0.1) is 38.6 Å². The second-order valence-corrected chi connectivity index (χ2v) is 7.24. The first-order valence-corrected chi connectivity index (χ1v) is 10.0. The Morgan fingerprint density at radius 1 is 1.12 bits per heavy atom. The fourth-order valence-electron chi connectivity index (χ4n) is 3.74. The highest BCUT2D eigenvalue weighted by molar-refractivity contribution is 6.04. The number of carbonyl (C=O) groups is 2. The fourth-order valence-corrected chi connectivity index (χ4v) is 3.74. The van der Waals surface area contributed by atoms with E-state index in [9.17, 15) is 9.59 Å². The summed E-state index contributed by atoms with van der Waals surface area (Å²) < 4.78 is 17.4. The molecule has 1 aromatic heterocycles. The van der Waals surface area contributed by atoms with Crippen molar-refractivity contribution in [1.29, 1.82) is 0 Å². The first kappa shape index (κ1) is 21.4. The molecule has 3 aromatic rings. The van der Waals surface area contributed by atoms with Gasteiger partial charge >= 0.3 is 0 Å². The maximum atomic E-state index is 12.8. The summed E-state index contributed by atoms with van der Waals surface area (Å²) in [5, 5.41) is 10.3. The van der Waals surface area contributed by atoms with Crippen LogP contribution >= 0.6 is 0 Å². The van der Waals surface area contributed by atoms with Gasteiger partial charge in [0.2, 0.25) is 5.91 Å². The van der Waals surface area contributed by atoms with Crippen molar-refractivity contribution in [3.8, 4) is 22.6 Å². The second-order valence-electron chi connectivity index (χ2n) is 7.24. The van der Waals surface area contributed by atoms with Crippen LogP contribution in [0.4, 0.5) is 11.5 Å². The molecule has 2 N–H and O–H groups in total. The topological polar surface area (TPSA) is 104 Å². The highest BCUT2D eigenvalue weighted by Crippen LogP contribution is 2.39. The summed E-state index contributed by atoms with van der Waals surface area (Å²) in [6.45, 7) is 0.280. The maximum Gasteiger partial charge on any atom is 0.251 e. The molecule has 2 heterocycles. The number of methoxy groups -OCH3 is 3. The Labute approximate surface area is 185 Å². The van der Waals surface area contributed by atoms with E-state index in [2.05, 4.69) is 15.7 Å². The molecule has 166 valence electrons. The van der Waals surface area contributed by atoms with Crippen molar-refractivity contribution >= 4 is 23.3 Å². The van der Waals surface area contributed by atoms with Gasteiger partial charge in [0.1, 0.15) is 23.4 Å². The smallest absolute Gasteiger partial charge is 0.251 e. The van der Waals surface area contributed by atoms with Crippen LogP contribution in [0.5, 0.6) is 11.5 Å². The minimum absolute atomic E-state index is 0.0870. The summed E-state index contributed by atoms with van der Waals surface area (Å²) in [4.78, 5) is 25.5. The standard InChI is InChI=1S/C23H24N4O5/c1-30-13-17-21(14-7-5-4-6-8-14)22-25-23(29)18(27(22)26-17)12-20(28)24-16-10-9-15(31-2)11-19(16)32-3/h4-11,18H,12-13H2,1-3H3,(H,24,28)(H,25,29). The molecule has 9 nitrogen and oxygen atoms in total. The van der Waals surface area contributed by atoms with Crippen molar-refractivity contribution in [1.82, 2.24) is 9.78 Å². The Balaban J connectivity index is 1.59.